The molecule has 1 aliphatic rings. The minimum absolute atomic E-state index is 0.0766. The minimum atomic E-state index is -0.617. The van der Waals surface area contributed by atoms with Gasteiger partial charge in [0.25, 0.3) is 5.91 Å². The molecule has 5 nitrogen and oxygen atoms in total. The number of aryl methyl sites for hydroxylation is 1. The number of carbonyl (C=O) groups is 2. The molecule has 1 unspecified atom stereocenters. The van der Waals surface area contributed by atoms with E-state index >= 15 is 0 Å². The summed E-state index contributed by atoms with van der Waals surface area (Å²) in [5.74, 6) is -0.717. The highest BCUT2D eigenvalue weighted by Crippen LogP contribution is 2.19. The third-order valence-corrected chi connectivity index (χ3v) is 3.06. The van der Waals surface area contributed by atoms with Crippen LogP contribution in [0, 0.1) is 6.92 Å². The van der Waals surface area contributed by atoms with E-state index < -0.39 is 11.9 Å². The number of aromatic hydroxyl groups is 1. The summed E-state index contributed by atoms with van der Waals surface area (Å²) in [7, 11) is 0. The number of rotatable bonds is 4. The van der Waals surface area contributed by atoms with E-state index in [1.54, 1.807) is 19.1 Å². The first-order valence-corrected chi connectivity index (χ1v) is 6.38. The SMILES string of the molecule is Cc1ccc(C(=O)NC(C)C(=O)NC2CC2)c(O)c1. The summed E-state index contributed by atoms with van der Waals surface area (Å²) in [5.41, 5.74) is 1.05. The molecule has 1 aromatic rings. The molecule has 102 valence electrons. The highest BCUT2D eigenvalue weighted by atomic mass is 16.3. The van der Waals surface area contributed by atoms with E-state index in [2.05, 4.69) is 10.6 Å². The molecule has 5 heteroatoms. The van der Waals surface area contributed by atoms with Gasteiger partial charge in [-0.05, 0) is 44.4 Å². The molecule has 19 heavy (non-hydrogen) atoms. The Morgan fingerprint density at radius 2 is 2.05 bits per heavy atom. The lowest BCUT2D eigenvalue weighted by atomic mass is 10.1. The Balaban J connectivity index is 1.97. The van der Waals surface area contributed by atoms with Crippen LogP contribution in [0.2, 0.25) is 0 Å². The van der Waals surface area contributed by atoms with Crippen LogP contribution in [0.4, 0.5) is 0 Å². The van der Waals surface area contributed by atoms with Crippen molar-refractivity contribution < 1.29 is 14.7 Å². The number of benzene rings is 1. The van der Waals surface area contributed by atoms with E-state index in [1.807, 2.05) is 6.92 Å². The predicted octanol–water partition coefficient (Wildman–Crippen LogP) is 1.10. The first-order valence-electron chi connectivity index (χ1n) is 6.38. The third-order valence-electron chi connectivity index (χ3n) is 3.06. The van der Waals surface area contributed by atoms with Crippen molar-refractivity contribution in [3.8, 4) is 5.75 Å². The number of nitrogens with one attached hydrogen (secondary N) is 2. The Hall–Kier alpha value is -2.04. The topological polar surface area (TPSA) is 78.4 Å². The number of amides is 2. The van der Waals surface area contributed by atoms with Crippen molar-refractivity contribution in [1.82, 2.24) is 10.6 Å². The molecule has 1 aromatic carbocycles. The molecule has 0 spiro atoms. The maximum Gasteiger partial charge on any atom is 0.255 e. The van der Waals surface area contributed by atoms with Crippen molar-refractivity contribution >= 4 is 11.8 Å². The molecule has 1 saturated carbocycles. The predicted molar refractivity (Wildman–Crippen MR) is 70.9 cm³/mol. The zero-order chi connectivity index (χ0) is 14.0. The van der Waals surface area contributed by atoms with Gasteiger partial charge in [0.2, 0.25) is 5.91 Å². The van der Waals surface area contributed by atoms with Crippen molar-refractivity contribution in [1.29, 1.82) is 0 Å². The second-order valence-corrected chi connectivity index (χ2v) is 5.00. The molecule has 1 fully saturated rings. The third kappa shape index (κ3) is 3.47. The first-order chi connectivity index (χ1) is 8.97. The van der Waals surface area contributed by atoms with Crippen molar-refractivity contribution in [3.63, 3.8) is 0 Å². The van der Waals surface area contributed by atoms with Gasteiger partial charge >= 0.3 is 0 Å². The Morgan fingerprint density at radius 1 is 1.37 bits per heavy atom. The minimum Gasteiger partial charge on any atom is -0.507 e. The summed E-state index contributed by atoms with van der Waals surface area (Å²) >= 11 is 0. The lowest BCUT2D eigenvalue weighted by molar-refractivity contribution is -0.122. The zero-order valence-electron chi connectivity index (χ0n) is 11.1. The van der Waals surface area contributed by atoms with Gasteiger partial charge in [0, 0.05) is 6.04 Å². The number of phenolic OH excluding ortho intramolecular Hbond substituents is 1. The average Bonchev–Trinajstić information content (AvgIpc) is 3.12. The Labute approximate surface area is 112 Å². The smallest absolute Gasteiger partial charge is 0.255 e. The molecule has 0 saturated heterocycles. The summed E-state index contributed by atoms with van der Waals surface area (Å²) in [6.45, 7) is 3.45. The summed E-state index contributed by atoms with van der Waals surface area (Å²) in [4.78, 5) is 23.7. The average molecular weight is 262 g/mol. The summed E-state index contributed by atoms with van der Waals surface area (Å²) in [6.07, 6.45) is 2.01. The van der Waals surface area contributed by atoms with E-state index in [4.69, 9.17) is 0 Å². The molecule has 2 rings (SSSR count). The molecule has 0 radical (unpaired) electrons. The van der Waals surface area contributed by atoms with Crippen molar-refractivity contribution in [2.75, 3.05) is 0 Å². The van der Waals surface area contributed by atoms with Crippen LogP contribution in [-0.4, -0.2) is 29.0 Å². The fourth-order valence-electron chi connectivity index (χ4n) is 1.73. The van der Waals surface area contributed by atoms with Crippen LogP contribution >= 0.6 is 0 Å². The van der Waals surface area contributed by atoms with Gasteiger partial charge in [-0.2, -0.15) is 0 Å². The molecule has 0 heterocycles. The number of hydrogen-bond donors (Lipinski definition) is 3. The molecule has 3 N–H and O–H groups in total. The van der Waals surface area contributed by atoms with E-state index in [-0.39, 0.29) is 23.3 Å². The second kappa shape index (κ2) is 5.30. The maximum atomic E-state index is 11.9. The van der Waals surface area contributed by atoms with Gasteiger partial charge in [-0.1, -0.05) is 6.07 Å². The lowest BCUT2D eigenvalue weighted by Crippen LogP contribution is -2.45. The van der Waals surface area contributed by atoms with E-state index in [0.29, 0.717) is 0 Å². The summed E-state index contributed by atoms with van der Waals surface area (Å²) in [5, 5.41) is 15.1. The molecular formula is C14H18N2O3. The van der Waals surface area contributed by atoms with Gasteiger partial charge < -0.3 is 15.7 Å². The molecule has 1 atom stereocenters. The van der Waals surface area contributed by atoms with Gasteiger partial charge in [0.15, 0.2) is 0 Å². The lowest BCUT2D eigenvalue weighted by Gasteiger charge is -2.14. The van der Waals surface area contributed by atoms with Gasteiger partial charge in [0.1, 0.15) is 11.8 Å². The highest BCUT2D eigenvalue weighted by molar-refractivity contribution is 5.99. The molecule has 0 aromatic heterocycles. The van der Waals surface area contributed by atoms with Crippen LogP contribution in [0.5, 0.6) is 5.75 Å². The summed E-state index contributed by atoms with van der Waals surface area (Å²) < 4.78 is 0. The van der Waals surface area contributed by atoms with E-state index in [1.165, 1.54) is 6.07 Å². The second-order valence-electron chi connectivity index (χ2n) is 5.00. The maximum absolute atomic E-state index is 11.9. The summed E-state index contributed by atoms with van der Waals surface area (Å²) in [6, 6.07) is 4.45. The van der Waals surface area contributed by atoms with Gasteiger partial charge in [-0.25, -0.2) is 0 Å². The van der Waals surface area contributed by atoms with Crippen LogP contribution in [-0.2, 0) is 4.79 Å². The van der Waals surface area contributed by atoms with E-state index in [9.17, 15) is 14.7 Å². The number of carbonyl (C=O) groups excluding carboxylic acids is 2. The fraction of sp³-hybridized carbons (Fsp3) is 0.429. The van der Waals surface area contributed by atoms with Crippen LogP contribution in [0.15, 0.2) is 18.2 Å². The monoisotopic (exact) mass is 262 g/mol. The number of phenols is 1. The van der Waals surface area contributed by atoms with Gasteiger partial charge in [-0.15, -0.1) is 0 Å². The van der Waals surface area contributed by atoms with Crippen LogP contribution in [0.3, 0.4) is 0 Å². The first kappa shape index (κ1) is 13.4. The Bertz CT molecular complexity index is 509. The van der Waals surface area contributed by atoms with E-state index in [0.717, 1.165) is 18.4 Å². The van der Waals surface area contributed by atoms with Gasteiger partial charge in [0.05, 0.1) is 5.56 Å². The van der Waals surface area contributed by atoms with Crippen LogP contribution < -0.4 is 10.6 Å². The van der Waals surface area contributed by atoms with Crippen molar-refractivity contribution in [2.24, 2.45) is 0 Å². The largest absolute Gasteiger partial charge is 0.507 e. The normalized spacial score (nSPS) is 15.7. The molecule has 1 aliphatic carbocycles. The van der Waals surface area contributed by atoms with Crippen molar-refractivity contribution in [3.05, 3.63) is 29.3 Å². The van der Waals surface area contributed by atoms with Crippen LogP contribution in [0.25, 0.3) is 0 Å². The molecule has 0 bridgehead atoms. The molecule has 0 aliphatic heterocycles. The molecule has 2 amide bonds. The fourth-order valence-corrected chi connectivity index (χ4v) is 1.73. The van der Waals surface area contributed by atoms with Gasteiger partial charge in [-0.3, -0.25) is 9.59 Å². The Kier molecular flexibility index (Phi) is 3.74. The quantitative estimate of drug-likeness (QED) is 0.760. The van der Waals surface area contributed by atoms with Crippen LogP contribution in [0.1, 0.15) is 35.7 Å². The standard InChI is InChI=1S/C14H18N2O3/c1-8-3-6-11(12(17)7-8)14(19)15-9(2)13(18)16-10-4-5-10/h3,6-7,9-10,17H,4-5H2,1-2H3,(H,15,19)(H,16,18). The Morgan fingerprint density at radius 3 is 2.63 bits per heavy atom. The zero-order valence-corrected chi connectivity index (χ0v) is 11.1. The van der Waals surface area contributed by atoms with Crippen molar-refractivity contribution in [2.45, 2.75) is 38.8 Å². The molecular weight excluding hydrogens is 244 g/mol. The number of hydrogen-bond acceptors (Lipinski definition) is 3. The highest BCUT2D eigenvalue weighted by Gasteiger charge is 2.26.